The van der Waals surface area contributed by atoms with Gasteiger partial charge in [0.05, 0.1) is 24.1 Å². The molecule has 0 saturated heterocycles. The van der Waals surface area contributed by atoms with E-state index in [-0.39, 0.29) is 36.0 Å². The first-order valence-corrected chi connectivity index (χ1v) is 10.7. The van der Waals surface area contributed by atoms with Gasteiger partial charge >= 0.3 is 5.97 Å². The Kier molecular flexibility index (Phi) is 7.90. The molecule has 2 N–H and O–H groups in total. The van der Waals surface area contributed by atoms with Gasteiger partial charge < -0.3 is 14.6 Å². The van der Waals surface area contributed by atoms with E-state index in [1.54, 1.807) is 23.7 Å². The van der Waals surface area contributed by atoms with E-state index >= 15 is 0 Å². The van der Waals surface area contributed by atoms with Crippen molar-refractivity contribution in [3.05, 3.63) is 47.8 Å². The van der Waals surface area contributed by atoms with Gasteiger partial charge in [0.1, 0.15) is 0 Å². The third-order valence-electron chi connectivity index (χ3n) is 4.45. The summed E-state index contributed by atoms with van der Waals surface area (Å²) in [4.78, 5) is 34.6. The number of carbonyl (C=O) groups excluding carboxylic acids is 3. The number of methoxy groups -OCH3 is 1. The molecule has 162 valence electrons. The zero-order valence-corrected chi connectivity index (χ0v) is 17.9. The van der Waals surface area contributed by atoms with Gasteiger partial charge in [0, 0.05) is 44.7 Å². The van der Waals surface area contributed by atoms with E-state index in [1.165, 1.54) is 38.3 Å². The topological polar surface area (TPSA) is 124 Å². The minimum absolute atomic E-state index is 0.0103. The molecule has 0 aliphatic carbocycles. The van der Waals surface area contributed by atoms with Crippen LogP contribution in [-0.4, -0.2) is 44.3 Å². The number of amides is 1. The fourth-order valence-electron chi connectivity index (χ4n) is 2.85. The summed E-state index contributed by atoms with van der Waals surface area (Å²) in [7, 11) is -0.721. The molecule has 10 heteroatoms. The molecule has 0 aliphatic rings. The van der Waals surface area contributed by atoms with E-state index in [9.17, 15) is 22.8 Å². The van der Waals surface area contributed by atoms with Crippen LogP contribution in [0.2, 0.25) is 0 Å². The number of ketones is 1. The second-order valence-corrected chi connectivity index (χ2v) is 8.39. The highest BCUT2D eigenvalue weighted by Gasteiger charge is 2.16. The van der Waals surface area contributed by atoms with Crippen LogP contribution >= 0.6 is 0 Å². The van der Waals surface area contributed by atoms with Gasteiger partial charge in [-0.3, -0.25) is 14.4 Å². The van der Waals surface area contributed by atoms with Crippen LogP contribution in [0.3, 0.4) is 0 Å². The van der Waals surface area contributed by atoms with Crippen LogP contribution < -0.4 is 10.0 Å². The Morgan fingerprint density at radius 1 is 1.03 bits per heavy atom. The fourth-order valence-corrected chi connectivity index (χ4v) is 3.88. The molecule has 0 bridgehead atoms. The molecule has 0 aliphatic heterocycles. The summed E-state index contributed by atoms with van der Waals surface area (Å²) in [5.74, 6) is -0.874. The van der Waals surface area contributed by atoms with Gasteiger partial charge in [-0.05, 0) is 36.4 Å². The Morgan fingerprint density at radius 3 is 2.30 bits per heavy atom. The molecule has 0 radical (unpaired) electrons. The maximum absolute atomic E-state index is 12.4. The number of carbonyl (C=O) groups is 3. The Balaban J connectivity index is 1.94. The number of anilines is 1. The fraction of sp³-hybridized carbons (Fsp3) is 0.350. The summed E-state index contributed by atoms with van der Waals surface area (Å²) in [5.41, 5.74) is 1.74. The van der Waals surface area contributed by atoms with E-state index in [4.69, 9.17) is 0 Å². The van der Waals surface area contributed by atoms with Crippen molar-refractivity contribution in [2.45, 2.75) is 31.1 Å². The van der Waals surface area contributed by atoms with Gasteiger partial charge in [-0.1, -0.05) is 0 Å². The van der Waals surface area contributed by atoms with Crippen LogP contribution in [0.5, 0.6) is 0 Å². The summed E-state index contributed by atoms with van der Waals surface area (Å²) in [5, 5.41) is 2.57. The summed E-state index contributed by atoms with van der Waals surface area (Å²) >= 11 is 0. The summed E-state index contributed by atoms with van der Waals surface area (Å²) in [6.07, 6.45) is 0.436. The molecule has 0 saturated carbocycles. The zero-order chi connectivity index (χ0) is 22.3. The number of rotatable bonds is 10. The molecule has 2 aromatic rings. The quantitative estimate of drug-likeness (QED) is 0.432. The molecule has 2 rings (SSSR count). The average molecular weight is 436 g/mol. The van der Waals surface area contributed by atoms with Gasteiger partial charge in [-0.2, -0.15) is 0 Å². The molecule has 0 fully saturated rings. The molecule has 1 heterocycles. The van der Waals surface area contributed by atoms with Gasteiger partial charge in [0.25, 0.3) is 0 Å². The van der Waals surface area contributed by atoms with Crippen molar-refractivity contribution < 1.29 is 27.5 Å². The SMILES string of the molecule is COC(=O)CCC(=O)c1ccc(CCNS(=O)(=O)c2ccc(NC(C)=O)cc2)n1C. The largest absolute Gasteiger partial charge is 0.469 e. The minimum atomic E-state index is -3.71. The van der Waals surface area contributed by atoms with Gasteiger partial charge in [0.2, 0.25) is 15.9 Å². The second kappa shape index (κ2) is 10.2. The van der Waals surface area contributed by atoms with Crippen LogP contribution in [0.1, 0.15) is 35.9 Å². The smallest absolute Gasteiger partial charge is 0.305 e. The number of aromatic nitrogens is 1. The van der Waals surface area contributed by atoms with Crippen molar-refractivity contribution in [1.29, 1.82) is 0 Å². The number of hydrogen-bond acceptors (Lipinski definition) is 6. The molecule has 1 aromatic heterocycles. The van der Waals surface area contributed by atoms with Crippen LogP contribution in [0, 0.1) is 0 Å². The molecule has 9 nitrogen and oxygen atoms in total. The number of hydrogen-bond donors (Lipinski definition) is 2. The lowest BCUT2D eigenvalue weighted by Crippen LogP contribution is -2.26. The number of Topliss-reactive ketones (excluding diaryl/α,β-unsaturated/α-hetero) is 1. The molecule has 30 heavy (non-hydrogen) atoms. The van der Waals surface area contributed by atoms with E-state index in [0.29, 0.717) is 17.8 Å². The van der Waals surface area contributed by atoms with Crippen molar-refractivity contribution in [3.8, 4) is 0 Å². The number of ether oxygens (including phenoxy) is 1. The van der Waals surface area contributed by atoms with Crippen molar-refractivity contribution in [3.63, 3.8) is 0 Å². The average Bonchev–Trinajstić information content (AvgIpc) is 3.06. The maximum atomic E-state index is 12.4. The highest BCUT2D eigenvalue weighted by Crippen LogP contribution is 2.15. The molecule has 0 atom stereocenters. The summed E-state index contributed by atoms with van der Waals surface area (Å²) in [6.45, 7) is 1.51. The van der Waals surface area contributed by atoms with Gasteiger partial charge in [-0.25, -0.2) is 13.1 Å². The number of benzene rings is 1. The third-order valence-corrected chi connectivity index (χ3v) is 5.93. The van der Waals surface area contributed by atoms with Crippen molar-refractivity contribution in [1.82, 2.24) is 9.29 Å². The van der Waals surface area contributed by atoms with E-state index in [2.05, 4.69) is 14.8 Å². The van der Waals surface area contributed by atoms with Crippen molar-refractivity contribution >= 4 is 33.4 Å². The number of esters is 1. The monoisotopic (exact) mass is 435 g/mol. The maximum Gasteiger partial charge on any atom is 0.305 e. The lowest BCUT2D eigenvalue weighted by Gasteiger charge is -2.10. The van der Waals surface area contributed by atoms with Crippen LogP contribution in [-0.2, 0) is 37.8 Å². The Hall–Kier alpha value is -2.98. The third kappa shape index (κ3) is 6.26. The highest BCUT2D eigenvalue weighted by molar-refractivity contribution is 7.89. The van der Waals surface area contributed by atoms with E-state index in [1.807, 2.05) is 0 Å². The molecule has 0 unspecified atom stereocenters. The van der Waals surface area contributed by atoms with E-state index < -0.39 is 16.0 Å². The number of nitrogens with one attached hydrogen (secondary N) is 2. The summed E-state index contributed by atoms with van der Waals surface area (Å²) in [6, 6.07) is 9.26. The lowest BCUT2D eigenvalue weighted by molar-refractivity contribution is -0.140. The molecular formula is C20H25N3O6S. The van der Waals surface area contributed by atoms with Crippen LogP contribution in [0.25, 0.3) is 0 Å². The Morgan fingerprint density at radius 2 is 1.70 bits per heavy atom. The molecular weight excluding hydrogens is 410 g/mol. The predicted molar refractivity (Wildman–Crippen MR) is 111 cm³/mol. The first-order valence-electron chi connectivity index (χ1n) is 9.26. The van der Waals surface area contributed by atoms with Crippen molar-refractivity contribution in [2.75, 3.05) is 19.0 Å². The van der Waals surface area contributed by atoms with Gasteiger partial charge in [-0.15, -0.1) is 0 Å². The number of nitrogens with zero attached hydrogens (tertiary/aromatic N) is 1. The van der Waals surface area contributed by atoms with Crippen molar-refractivity contribution in [2.24, 2.45) is 7.05 Å². The van der Waals surface area contributed by atoms with Gasteiger partial charge in [0.15, 0.2) is 5.78 Å². The van der Waals surface area contributed by atoms with E-state index in [0.717, 1.165) is 5.69 Å². The van der Waals surface area contributed by atoms with Crippen LogP contribution in [0.15, 0.2) is 41.3 Å². The normalized spacial score (nSPS) is 11.2. The molecule has 0 spiro atoms. The first-order chi connectivity index (χ1) is 14.1. The standard InChI is InChI=1S/C20H25N3O6S/c1-14(24)22-15-4-7-17(8-5-15)30(27,28)21-13-12-16-6-9-18(23(16)2)19(25)10-11-20(26)29-3/h4-9,21H,10-13H2,1-3H3,(H,22,24). The number of sulfonamides is 1. The molecule has 1 amide bonds. The van der Waals surface area contributed by atoms with Crippen LogP contribution in [0.4, 0.5) is 5.69 Å². The minimum Gasteiger partial charge on any atom is -0.469 e. The first kappa shape index (κ1) is 23.3. The summed E-state index contributed by atoms with van der Waals surface area (Å²) < 4.78 is 33.6. The predicted octanol–water partition coefficient (Wildman–Crippen LogP) is 1.64. The Bertz CT molecular complexity index is 1030. The second-order valence-electron chi connectivity index (χ2n) is 6.62. The lowest BCUT2D eigenvalue weighted by atomic mass is 10.2. The highest BCUT2D eigenvalue weighted by atomic mass is 32.2. The zero-order valence-electron chi connectivity index (χ0n) is 17.1. The Labute approximate surface area is 175 Å². The molecule has 1 aromatic carbocycles.